The number of nitro groups is 1. The first-order chi connectivity index (χ1) is 36.5. The fourth-order valence-electron chi connectivity index (χ4n) is 10.1. The third-order valence-electron chi connectivity index (χ3n) is 14.0. The number of halogens is 1. The number of aromatic amines is 1. The van der Waals surface area contributed by atoms with E-state index in [4.69, 9.17) is 15.2 Å². The van der Waals surface area contributed by atoms with Crippen molar-refractivity contribution in [2.45, 2.75) is 82.5 Å². The van der Waals surface area contributed by atoms with Crippen LogP contribution in [0.4, 0.5) is 10.1 Å². The van der Waals surface area contributed by atoms with Gasteiger partial charge in [0.05, 0.1) is 36.6 Å². The zero-order valence-corrected chi connectivity index (χ0v) is 42.8. The van der Waals surface area contributed by atoms with Crippen molar-refractivity contribution in [2.75, 3.05) is 66.2 Å². The molecule has 1 saturated heterocycles. The molecule has 1 unspecified atom stereocenters. The monoisotopic (exact) mass is 1050 g/mol. The van der Waals surface area contributed by atoms with Crippen molar-refractivity contribution >= 4 is 63.5 Å². The number of amides is 7. The van der Waals surface area contributed by atoms with E-state index in [-0.39, 0.29) is 81.8 Å². The van der Waals surface area contributed by atoms with Crippen molar-refractivity contribution < 1.29 is 52.3 Å². The number of hydrogen-bond acceptors (Lipinski definition) is 12. The van der Waals surface area contributed by atoms with Crippen molar-refractivity contribution in [1.29, 1.82) is 0 Å². The van der Waals surface area contributed by atoms with Crippen LogP contribution in [0.2, 0.25) is 0 Å². The first-order valence-corrected chi connectivity index (χ1v) is 25.7. The second kappa shape index (κ2) is 26.8. The first-order valence-electron chi connectivity index (χ1n) is 25.7. The Morgan fingerprint density at radius 3 is 2.29 bits per heavy atom. The lowest BCUT2D eigenvalue weighted by molar-refractivity contribution is -0.384. The highest BCUT2D eigenvalue weighted by Crippen LogP contribution is 2.41. The van der Waals surface area contributed by atoms with Gasteiger partial charge < -0.3 is 51.7 Å². The number of benzene rings is 3. The van der Waals surface area contributed by atoms with Crippen LogP contribution in [-0.4, -0.2) is 151 Å². The summed E-state index contributed by atoms with van der Waals surface area (Å²) in [6.45, 7) is 2.83. The number of aromatic nitrogens is 1. The highest BCUT2D eigenvalue weighted by atomic mass is 19.1. The molecule has 1 aliphatic carbocycles. The maximum Gasteiger partial charge on any atom is 0.269 e. The van der Waals surface area contributed by atoms with Gasteiger partial charge in [0.25, 0.3) is 5.69 Å². The SMILES string of the molecule is CC(=O)N[C@@H](CCCCNC(=O)COCCOCCNC(=O)C1CCCN(C(=O)[C@H](Cc2ccc(F)cc2)NC(=O)[C@H](Cc2ccc([N+](=O)[O-])cc2)NC(=O)[C@@H]2C=C3c4cccc5[nH]cc(c45)C[C@H]3N(C)C2)C1)C(N)=O. The summed E-state index contributed by atoms with van der Waals surface area (Å²) < 4.78 is 25.0. The fraction of sp³-hybridized carbons (Fsp3) is 0.463. The number of unbranched alkanes of at least 4 members (excludes halogenated alkanes) is 1. The molecular weight excluding hydrogens is 984 g/mol. The van der Waals surface area contributed by atoms with Crippen molar-refractivity contribution in [1.82, 2.24) is 41.4 Å². The smallest absolute Gasteiger partial charge is 0.269 e. The number of nitro benzene ring substituents is 1. The molecule has 6 atom stereocenters. The molecule has 0 bridgehead atoms. The number of carbonyl (C=O) groups excluding carboxylic acids is 7. The number of fused-ring (bicyclic) bond motifs is 2. The average molecular weight is 1050 g/mol. The van der Waals surface area contributed by atoms with Crippen molar-refractivity contribution in [2.24, 2.45) is 17.6 Å². The maximum absolute atomic E-state index is 14.6. The van der Waals surface area contributed by atoms with Gasteiger partial charge >= 0.3 is 0 Å². The highest BCUT2D eigenvalue weighted by Gasteiger charge is 2.38. The van der Waals surface area contributed by atoms with Gasteiger partial charge in [0, 0.05) is 87.8 Å². The Labute approximate surface area is 439 Å². The molecular formula is C54H67FN10O11. The molecule has 2 aliphatic heterocycles. The number of nitrogens with zero attached hydrogens (tertiary/aromatic N) is 3. The minimum Gasteiger partial charge on any atom is -0.377 e. The van der Waals surface area contributed by atoms with Gasteiger partial charge in [-0.15, -0.1) is 0 Å². The lowest BCUT2D eigenvalue weighted by Crippen LogP contribution is -2.58. The van der Waals surface area contributed by atoms with Gasteiger partial charge in [-0.3, -0.25) is 48.6 Å². The predicted molar refractivity (Wildman–Crippen MR) is 278 cm³/mol. The van der Waals surface area contributed by atoms with Crippen LogP contribution in [0.25, 0.3) is 16.5 Å². The second-order valence-electron chi connectivity index (χ2n) is 19.6. The van der Waals surface area contributed by atoms with Crippen molar-refractivity contribution in [3.05, 3.63) is 117 Å². The normalized spacial score (nSPS) is 18.3. The number of non-ortho nitro benzene ring substituents is 1. The minimum atomic E-state index is -1.23. The molecule has 7 amide bonds. The molecule has 0 spiro atoms. The van der Waals surface area contributed by atoms with Gasteiger partial charge in [-0.05, 0) is 91.6 Å². The second-order valence-corrected chi connectivity index (χ2v) is 19.6. The summed E-state index contributed by atoms with van der Waals surface area (Å²) in [6.07, 6.45) is 7.16. The number of carbonyl (C=O) groups is 7. The molecule has 4 aromatic rings. The van der Waals surface area contributed by atoms with Gasteiger partial charge in [0.15, 0.2) is 0 Å². The lowest BCUT2D eigenvalue weighted by Gasteiger charge is -2.39. The van der Waals surface area contributed by atoms with E-state index < -0.39 is 64.3 Å². The minimum absolute atomic E-state index is 0.0299. The van der Waals surface area contributed by atoms with E-state index >= 15 is 0 Å². The summed E-state index contributed by atoms with van der Waals surface area (Å²) in [4.78, 5) is 110. The molecule has 76 heavy (non-hydrogen) atoms. The van der Waals surface area contributed by atoms with Crippen LogP contribution in [0.1, 0.15) is 61.3 Å². The summed E-state index contributed by atoms with van der Waals surface area (Å²) in [5, 5.41) is 26.5. The third-order valence-corrected chi connectivity index (χ3v) is 14.0. The van der Waals surface area contributed by atoms with Crippen LogP contribution in [0.5, 0.6) is 0 Å². The van der Waals surface area contributed by atoms with Gasteiger partial charge in [-0.1, -0.05) is 42.5 Å². The molecule has 0 radical (unpaired) electrons. The number of likely N-dealkylation sites (tertiary alicyclic amines) is 1. The summed E-state index contributed by atoms with van der Waals surface area (Å²) >= 11 is 0. The van der Waals surface area contributed by atoms with E-state index in [1.807, 2.05) is 37.5 Å². The number of piperidine rings is 1. The molecule has 8 N–H and O–H groups in total. The Morgan fingerprint density at radius 2 is 1.57 bits per heavy atom. The van der Waals surface area contributed by atoms with E-state index in [1.54, 1.807) is 0 Å². The number of nitrogens with two attached hydrogens (primary N) is 1. The van der Waals surface area contributed by atoms with E-state index in [0.717, 1.165) is 28.5 Å². The van der Waals surface area contributed by atoms with Gasteiger partial charge in [0.2, 0.25) is 41.4 Å². The standard InChI is InChI=1S/C54H67FN10O11/c1-33(66)60-44(50(56)68)9-3-4-19-57-48(67)32-76-24-23-75-22-20-58-51(69)36-7-6-21-64(31-36)54(72)46(26-34-11-15-39(55)16-12-34)62-53(71)45(25-35-13-17-40(18-14-35)65(73)74)61-52(70)38-27-42-41-8-5-10-43-49(41)37(29-59-43)28-47(42)63(2)30-38/h5,8,10-18,27,29,36,38,44-47,59H,3-4,6-7,9,19-26,28,30-32H2,1-2H3,(H2,56,68)(H,57,67)(H,58,69)(H,60,66)(H,61,70)(H,62,71)/t36?,38-,44+,45+,46+,47-/m1/s1. The van der Waals surface area contributed by atoms with Gasteiger partial charge in [-0.25, -0.2) is 4.39 Å². The van der Waals surface area contributed by atoms with Crippen LogP contribution in [0.3, 0.4) is 0 Å². The first kappa shape index (κ1) is 56.2. The molecule has 406 valence electrons. The van der Waals surface area contributed by atoms with Crippen LogP contribution in [0, 0.1) is 27.8 Å². The van der Waals surface area contributed by atoms with Crippen molar-refractivity contribution in [3.63, 3.8) is 0 Å². The molecule has 3 aromatic carbocycles. The van der Waals surface area contributed by atoms with E-state index in [2.05, 4.69) is 36.5 Å². The Hall–Kier alpha value is -7.56. The van der Waals surface area contributed by atoms with Crippen molar-refractivity contribution in [3.8, 4) is 0 Å². The predicted octanol–water partition coefficient (Wildman–Crippen LogP) is 2.20. The zero-order valence-electron chi connectivity index (χ0n) is 42.8. The Balaban J connectivity index is 0.934. The number of likely N-dealkylation sites (N-methyl/N-ethyl adjacent to an activating group) is 1. The number of H-pyrrole nitrogens is 1. The van der Waals surface area contributed by atoms with Crippen LogP contribution >= 0.6 is 0 Å². The van der Waals surface area contributed by atoms with E-state index in [1.165, 1.54) is 65.9 Å². The number of nitrogens with one attached hydrogen (secondary N) is 6. The molecule has 7 rings (SSSR count). The number of hydrogen-bond donors (Lipinski definition) is 7. The molecule has 1 aromatic heterocycles. The lowest BCUT2D eigenvalue weighted by atomic mass is 9.79. The molecule has 3 heterocycles. The third kappa shape index (κ3) is 15.3. The van der Waals surface area contributed by atoms with Gasteiger partial charge in [0.1, 0.15) is 30.5 Å². The van der Waals surface area contributed by atoms with Crippen LogP contribution in [-0.2, 0) is 62.3 Å². The summed E-state index contributed by atoms with van der Waals surface area (Å²) in [6, 6.07) is 14.1. The largest absolute Gasteiger partial charge is 0.377 e. The zero-order chi connectivity index (χ0) is 54.3. The summed E-state index contributed by atoms with van der Waals surface area (Å²) in [5.41, 5.74) is 10.5. The van der Waals surface area contributed by atoms with Crippen LogP contribution < -0.4 is 32.3 Å². The highest BCUT2D eigenvalue weighted by molar-refractivity contribution is 6.00. The van der Waals surface area contributed by atoms with E-state index in [0.29, 0.717) is 62.9 Å². The average Bonchev–Trinajstić information content (AvgIpc) is 3.82. The molecule has 1 fully saturated rings. The summed E-state index contributed by atoms with van der Waals surface area (Å²) in [7, 11) is 1.97. The fourth-order valence-corrected chi connectivity index (χ4v) is 10.1. The molecule has 22 heteroatoms. The Kier molecular flexibility index (Phi) is 19.8. The molecule has 3 aliphatic rings. The van der Waals surface area contributed by atoms with E-state index in [9.17, 15) is 48.1 Å². The number of rotatable bonds is 26. The molecule has 21 nitrogen and oxygen atoms in total. The quantitative estimate of drug-likeness (QED) is 0.0271. The number of ether oxygens (including phenoxy) is 2. The van der Waals surface area contributed by atoms with Crippen LogP contribution in [0.15, 0.2) is 79.0 Å². The number of primary amides is 1. The Morgan fingerprint density at radius 1 is 0.842 bits per heavy atom. The Bertz CT molecular complexity index is 2770. The topological polar surface area (TPSA) is 290 Å². The van der Waals surface area contributed by atoms with Gasteiger partial charge in [-0.2, -0.15) is 0 Å². The maximum atomic E-state index is 14.6. The molecule has 0 saturated carbocycles. The summed E-state index contributed by atoms with van der Waals surface area (Å²) in [5.74, 6) is -4.85.